The molecule has 0 aromatic heterocycles. The van der Waals surface area contributed by atoms with Gasteiger partial charge >= 0.3 is 0 Å². The van der Waals surface area contributed by atoms with Gasteiger partial charge in [0, 0.05) is 0 Å². The van der Waals surface area contributed by atoms with Crippen molar-refractivity contribution in [2.75, 3.05) is 0 Å². The third-order valence-corrected chi connectivity index (χ3v) is 4.66. The first-order valence-electron chi connectivity index (χ1n) is 10.4. The largest absolute Gasteiger partial charge is 0.0949 e. The van der Waals surface area contributed by atoms with Gasteiger partial charge in [0.05, 0.1) is 0 Å². The van der Waals surface area contributed by atoms with Crippen LogP contribution in [0.2, 0.25) is 0 Å². The molecule has 0 amide bonds. The highest BCUT2D eigenvalue weighted by atomic mass is 14.3. The minimum Gasteiger partial charge on any atom is -0.0949 e. The summed E-state index contributed by atoms with van der Waals surface area (Å²) in [7, 11) is 0. The predicted molar refractivity (Wildman–Crippen MR) is 119 cm³/mol. The molecule has 1 unspecified atom stereocenters. The van der Waals surface area contributed by atoms with Gasteiger partial charge in [-0.25, -0.2) is 0 Å². The van der Waals surface area contributed by atoms with Crippen molar-refractivity contribution in [3.8, 4) is 0 Å². The molecule has 0 heterocycles. The summed E-state index contributed by atoms with van der Waals surface area (Å²) in [5.41, 5.74) is 4.09. The zero-order chi connectivity index (χ0) is 19.9. The van der Waals surface area contributed by atoms with Crippen molar-refractivity contribution in [1.82, 2.24) is 0 Å². The van der Waals surface area contributed by atoms with E-state index < -0.39 is 0 Å². The lowest BCUT2D eigenvalue weighted by atomic mass is 9.76. The van der Waals surface area contributed by atoms with E-state index in [1.54, 1.807) is 0 Å². The van der Waals surface area contributed by atoms with Crippen molar-refractivity contribution >= 4 is 5.57 Å². The number of allylic oxidation sites excluding steroid dienone is 1. The van der Waals surface area contributed by atoms with E-state index in [1.807, 2.05) is 0 Å². The van der Waals surface area contributed by atoms with E-state index in [9.17, 15) is 0 Å². The summed E-state index contributed by atoms with van der Waals surface area (Å²) in [6, 6.07) is 8.63. The van der Waals surface area contributed by atoms with Gasteiger partial charge in [0.15, 0.2) is 0 Å². The van der Waals surface area contributed by atoms with Crippen molar-refractivity contribution in [3.63, 3.8) is 0 Å². The molecule has 0 saturated carbocycles. The zero-order valence-corrected chi connectivity index (χ0v) is 18.8. The van der Waals surface area contributed by atoms with Crippen molar-refractivity contribution in [2.24, 2.45) is 11.3 Å². The quantitative estimate of drug-likeness (QED) is 0.481. The maximum atomic E-state index is 4.22. The molecule has 0 aliphatic rings. The van der Waals surface area contributed by atoms with E-state index in [-0.39, 0.29) is 5.41 Å². The van der Waals surface area contributed by atoms with Crippen LogP contribution in [0, 0.1) is 18.3 Å². The van der Waals surface area contributed by atoms with Crippen LogP contribution in [0.25, 0.3) is 5.57 Å². The van der Waals surface area contributed by atoms with E-state index in [0.717, 1.165) is 0 Å². The first-order valence-corrected chi connectivity index (χ1v) is 10.4. The summed E-state index contributed by atoms with van der Waals surface area (Å²) in [4.78, 5) is 0. The van der Waals surface area contributed by atoms with Gasteiger partial charge in [0.1, 0.15) is 0 Å². The second-order valence-corrected chi connectivity index (χ2v) is 8.19. The molecule has 1 rings (SSSR count). The molecule has 0 radical (unpaired) electrons. The fourth-order valence-corrected chi connectivity index (χ4v) is 2.25. The first-order chi connectivity index (χ1) is 11.6. The summed E-state index contributed by atoms with van der Waals surface area (Å²) in [5.74, 6) is 0.500. The molecule has 1 aromatic carbocycles. The van der Waals surface area contributed by atoms with Crippen molar-refractivity contribution in [1.29, 1.82) is 0 Å². The Kier molecular flexibility index (Phi) is 16.0. The van der Waals surface area contributed by atoms with E-state index in [2.05, 4.69) is 93.2 Å². The Morgan fingerprint density at radius 2 is 1.20 bits per heavy atom. The molecule has 25 heavy (non-hydrogen) atoms. The van der Waals surface area contributed by atoms with Crippen molar-refractivity contribution < 1.29 is 0 Å². The third-order valence-electron chi connectivity index (χ3n) is 4.66. The van der Waals surface area contributed by atoms with Crippen LogP contribution in [-0.4, -0.2) is 0 Å². The Morgan fingerprint density at radius 3 is 1.44 bits per heavy atom. The van der Waals surface area contributed by atoms with Crippen LogP contribution in [0.5, 0.6) is 0 Å². The molecule has 0 nitrogen and oxygen atoms in total. The maximum Gasteiger partial charge on any atom is -0.0142 e. The van der Waals surface area contributed by atoms with Crippen LogP contribution in [0.3, 0.4) is 0 Å². The Hall–Kier alpha value is -1.04. The molecule has 0 heteroatoms. The van der Waals surface area contributed by atoms with Gasteiger partial charge in [0.2, 0.25) is 0 Å². The average Bonchev–Trinajstić information content (AvgIpc) is 2.56. The Labute approximate surface area is 160 Å². The zero-order valence-electron chi connectivity index (χ0n) is 18.8. The number of aryl methyl sites for hydroxylation is 1. The number of hydrogen-bond donors (Lipinski definition) is 0. The number of unbranched alkanes of at least 4 members (excludes halogenated alkanes) is 4. The highest BCUT2D eigenvalue weighted by molar-refractivity contribution is 5.65. The molecule has 0 aliphatic heterocycles. The van der Waals surface area contributed by atoms with Crippen molar-refractivity contribution in [3.05, 3.63) is 42.0 Å². The summed E-state index contributed by atoms with van der Waals surface area (Å²) in [6.45, 7) is 24.2. The van der Waals surface area contributed by atoms with Crippen LogP contribution in [-0.2, 0) is 0 Å². The van der Waals surface area contributed by atoms with E-state index in [4.69, 9.17) is 0 Å². The van der Waals surface area contributed by atoms with Crippen LogP contribution < -0.4 is 0 Å². The maximum absolute atomic E-state index is 4.22. The van der Waals surface area contributed by atoms with Crippen LogP contribution in [0.15, 0.2) is 30.8 Å². The molecule has 1 aromatic rings. The van der Waals surface area contributed by atoms with Gasteiger partial charge in [-0.05, 0) is 29.4 Å². The van der Waals surface area contributed by atoms with E-state index in [0.29, 0.717) is 5.92 Å². The minimum absolute atomic E-state index is 0.280. The average molecular weight is 347 g/mol. The highest BCUT2D eigenvalue weighted by Gasteiger charge is 2.22. The lowest BCUT2D eigenvalue weighted by Gasteiger charge is -2.29. The number of rotatable bonds is 6. The molecule has 0 N–H and O–H groups in total. The lowest BCUT2D eigenvalue weighted by molar-refractivity contribution is 0.324. The van der Waals surface area contributed by atoms with Crippen LogP contribution >= 0.6 is 0 Å². The fraction of sp³-hybridized carbons (Fsp3) is 0.680. The fourth-order valence-electron chi connectivity index (χ4n) is 2.25. The van der Waals surface area contributed by atoms with E-state index >= 15 is 0 Å². The summed E-state index contributed by atoms with van der Waals surface area (Å²) < 4.78 is 0. The smallest absolute Gasteiger partial charge is 0.0142 e. The molecule has 1 atom stereocenters. The first kappa shape index (κ1) is 26.2. The van der Waals surface area contributed by atoms with Gasteiger partial charge in [-0.2, -0.15) is 0 Å². The molecule has 0 spiro atoms. The molecule has 0 saturated heterocycles. The van der Waals surface area contributed by atoms with Crippen molar-refractivity contribution in [2.45, 2.75) is 101 Å². The molecule has 0 fully saturated rings. The van der Waals surface area contributed by atoms with Gasteiger partial charge in [-0.1, -0.05) is 130 Å². The highest BCUT2D eigenvalue weighted by Crippen LogP contribution is 2.35. The van der Waals surface area contributed by atoms with Gasteiger partial charge < -0.3 is 0 Å². The van der Waals surface area contributed by atoms with Crippen LogP contribution in [0.1, 0.15) is 105 Å². The second-order valence-electron chi connectivity index (χ2n) is 8.19. The molecule has 146 valence electrons. The monoisotopic (exact) mass is 346 g/mol. The molecule has 0 bridgehead atoms. The number of hydrogen-bond acceptors (Lipinski definition) is 0. The predicted octanol–water partition coefficient (Wildman–Crippen LogP) is 9.08. The van der Waals surface area contributed by atoms with Gasteiger partial charge in [-0.15, -0.1) is 0 Å². The standard InChI is InChI=1S/C15H22.2C5H12/c1-11-7-9-14(10-8-11)12(2)13(3)15(4,5)6;2*1-3-5-4-2/h7-10,13H,2H2,1,3-6H3;2*3-5H2,1-2H3. The van der Waals surface area contributed by atoms with Crippen LogP contribution in [0.4, 0.5) is 0 Å². The Morgan fingerprint density at radius 1 is 0.840 bits per heavy atom. The second kappa shape index (κ2) is 15.2. The lowest BCUT2D eigenvalue weighted by Crippen LogP contribution is -2.18. The summed E-state index contributed by atoms with van der Waals surface area (Å²) >= 11 is 0. The van der Waals surface area contributed by atoms with E-state index in [1.165, 1.54) is 55.2 Å². The molecular formula is C25H46. The van der Waals surface area contributed by atoms with Gasteiger partial charge in [-0.3, -0.25) is 0 Å². The Bertz CT molecular complexity index is 406. The normalized spacial score (nSPS) is 11.6. The summed E-state index contributed by atoms with van der Waals surface area (Å²) in [5, 5.41) is 0. The van der Waals surface area contributed by atoms with Gasteiger partial charge in [0.25, 0.3) is 0 Å². The topological polar surface area (TPSA) is 0 Å². The SMILES string of the molecule is C=C(c1ccc(C)cc1)C(C)C(C)(C)C.CCCCC.CCCCC. The Balaban J connectivity index is 0. The number of benzene rings is 1. The summed E-state index contributed by atoms with van der Waals surface area (Å²) in [6.07, 6.45) is 8.15. The molecule has 0 aliphatic carbocycles. The third kappa shape index (κ3) is 13.9. The molecular weight excluding hydrogens is 300 g/mol. The minimum atomic E-state index is 0.280.